The summed E-state index contributed by atoms with van der Waals surface area (Å²) >= 11 is 0. The molecule has 8 heteroatoms. The molecule has 1 saturated carbocycles. The number of hydrogen-bond donors (Lipinski definition) is 1. The second kappa shape index (κ2) is 9.80. The first-order valence-electron chi connectivity index (χ1n) is 10.8. The molecule has 2 aromatic rings. The number of benzene rings is 2. The minimum Gasteiger partial charge on any atom is -0.493 e. The number of anilines is 1. The van der Waals surface area contributed by atoms with E-state index in [1.807, 2.05) is 0 Å². The van der Waals surface area contributed by atoms with Crippen LogP contribution in [-0.2, 0) is 4.79 Å². The lowest BCUT2D eigenvalue weighted by atomic mass is 10.1. The molecule has 1 heterocycles. The van der Waals surface area contributed by atoms with Gasteiger partial charge in [-0.2, -0.15) is 0 Å². The minimum absolute atomic E-state index is 0.108. The molecule has 2 aliphatic rings. The predicted molar refractivity (Wildman–Crippen MR) is 119 cm³/mol. The maximum absolute atomic E-state index is 13.5. The molecule has 1 aliphatic carbocycles. The first-order chi connectivity index (χ1) is 15.6. The highest BCUT2D eigenvalue weighted by atomic mass is 16.6. The molecule has 1 aliphatic heterocycles. The molecule has 1 fully saturated rings. The average Bonchev–Trinajstić information content (AvgIpc) is 3.34. The first kappa shape index (κ1) is 21.8. The Morgan fingerprint density at radius 2 is 1.69 bits per heavy atom. The predicted octanol–water partition coefficient (Wildman–Crippen LogP) is 3.18. The number of fused-ring (bicyclic) bond motifs is 1. The van der Waals surface area contributed by atoms with Gasteiger partial charge < -0.3 is 24.3 Å². The van der Waals surface area contributed by atoms with Crippen molar-refractivity contribution in [3.8, 4) is 23.0 Å². The summed E-state index contributed by atoms with van der Waals surface area (Å²) in [6.45, 7) is 0.802. The summed E-state index contributed by atoms with van der Waals surface area (Å²) in [7, 11) is 3.05. The first-order valence-corrected chi connectivity index (χ1v) is 10.8. The minimum atomic E-state index is -0.329. The highest BCUT2D eigenvalue weighted by Crippen LogP contribution is 2.35. The van der Waals surface area contributed by atoms with Gasteiger partial charge in [0.25, 0.3) is 5.91 Å². The van der Waals surface area contributed by atoms with Crippen molar-refractivity contribution < 1.29 is 28.5 Å². The lowest BCUT2D eigenvalue weighted by Crippen LogP contribution is -2.43. The second-order valence-corrected chi connectivity index (χ2v) is 7.84. The topological polar surface area (TPSA) is 86.3 Å². The number of methoxy groups -OCH3 is 2. The van der Waals surface area contributed by atoms with Crippen LogP contribution in [0.1, 0.15) is 36.0 Å². The van der Waals surface area contributed by atoms with Gasteiger partial charge in [0.15, 0.2) is 23.0 Å². The van der Waals surface area contributed by atoms with E-state index in [1.165, 1.54) is 19.1 Å². The number of nitrogens with zero attached hydrogens (tertiary/aromatic N) is 1. The summed E-state index contributed by atoms with van der Waals surface area (Å²) in [6.07, 6.45) is 4.17. The van der Waals surface area contributed by atoms with E-state index in [1.54, 1.807) is 36.4 Å². The summed E-state index contributed by atoms with van der Waals surface area (Å²) in [5.41, 5.74) is 0.932. The third-order valence-electron chi connectivity index (χ3n) is 5.74. The molecule has 0 unspecified atom stereocenters. The van der Waals surface area contributed by atoms with Crippen LogP contribution in [0.4, 0.5) is 5.69 Å². The van der Waals surface area contributed by atoms with Gasteiger partial charge in [0.2, 0.25) is 5.91 Å². The number of hydrogen-bond acceptors (Lipinski definition) is 6. The molecule has 2 amide bonds. The van der Waals surface area contributed by atoms with Gasteiger partial charge in [-0.25, -0.2) is 0 Å². The van der Waals surface area contributed by atoms with Crippen molar-refractivity contribution in [2.24, 2.45) is 0 Å². The van der Waals surface area contributed by atoms with Gasteiger partial charge in [-0.05, 0) is 43.2 Å². The number of nitrogens with one attached hydrogen (secondary N) is 1. The van der Waals surface area contributed by atoms with Gasteiger partial charge in [-0.1, -0.05) is 12.8 Å². The molecule has 8 nitrogen and oxygen atoms in total. The van der Waals surface area contributed by atoms with Gasteiger partial charge in [0, 0.05) is 23.4 Å². The molecular weight excluding hydrogens is 412 g/mol. The number of amides is 2. The van der Waals surface area contributed by atoms with Crippen LogP contribution in [0, 0.1) is 0 Å². The summed E-state index contributed by atoms with van der Waals surface area (Å²) in [4.78, 5) is 27.8. The Labute approximate surface area is 187 Å². The number of ether oxygens (including phenoxy) is 4. The zero-order valence-corrected chi connectivity index (χ0v) is 18.4. The van der Waals surface area contributed by atoms with Gasteiger partial charge in [-0.15, -0.1) is 0 Å². The normalized spacial score (nSPS) is 15.2. The lowest BCUT2D eigenvalue weighted by Gasteiger charge is -2.26. The molecule has 4 rings (SSSR count). The van der Waals surface area contributed by atoms with Crippen molar-refractivity contribution in [2.75, 3.05) is 38.9 Å². The maximum Gasteiger partial charge on any atom is 0.258 e. The van der Waals surface area contributed by atoms with Crippen LogP contribution >= 0.6 is 0 Å². The largest absolute Gasteiger partial charge is 0.493 e. The van der Waals surface area contributed by atoms with E-state index >= 15 is 0 Å². The van der Waals surface area contributed by atoms with E-state index < -0.39 is 0 Å². The van der Waals surface area contributed by atoms with Crippen molar-refractivity contribution in [2.45, 2.75) is 31.7 Å². The highest BCUT2D eigenvalue weighted by molar-refractivity contribution is 6.09. The maximum atomic E-state index is 13.5. The zero-order valence-electron chi connectivity index (χ0n) is 18.4. The Morgan fingerprint density at radius 3 is 2.41 bits per heavy atom. The van der Waals surface area contributed by atoms with Gasteiger partial charge in [-0.3, -0.25) is 14.5 Å². The van der Waals surface area contributed by atoms with Crippen molar-refractivity contribution >= 4 is 17.5 Å². The molecule has 170 valence electrons. The third kappa shape index (κ3) is 4.74. The van der Waals surface area contributed by atoms with E-state index in [2.05, 4.69) is 5.32 Å². The van der Waals surface area contributed by atoms with Crippen LogP contribution in [0.5, 0.6) is 23.0 Å². The molecule has 0 radical (unpaired) electrons. The molecule has 0 bridgehead atoms. The van der Waals surface area contributed by atoms with Crippen molar-refractivity contribution in [1.82, 2.24) is 5.32 Å². The van der Waals surface area contributed by atoms with Crippen LogP contribution < -0.4 is 29.2 Å². The van der Waals surface area contributed by atoms with Gasteiger partial charge in [0.1, 0.15) is 19.8 Å². The Morgan fingerprint density at radius 1 is 0.969 bits per heavy atom. The Balaban J connectivity index is 1.63. The van der Waals surface area contributed by atoms with E-state index in [0.29, 0.717) is 47.5 Å². The molecule has 0 aromatic heterocycles. The fourth-order valence-electron chi connectivity index (χ4n) is 4.09. The third-order valence-corrected chi connectivity index (χ3v) is 5.74. The summed E-state index contributed by atoms with van der Waals surface area (Å²) in [6, 6.07) is 10.4. The SMILES string of the molecule is COc1ccc(C(=O)N(CC(=O)NC2CCCC2)c2ccc3c(c2)OCCO3)cc1OC. The van der Waals surface area contributed by atoms with Crippen molar-refractivity contribution in [3.05, 3.63) is 42.0 Å². The molecule has 0 atom stereocenters. The summed E-state index contributed by atoms with van der Waals surface area (Å²) < 4.78 is 21.9. The number of rotatable bonds is 7. The molecule has 0 saturated heterocycles. The second-order valence-electron chi connectivity index (χ2n) is 7.84. The smallest absolute Gasteiger partial charge is 0.258 e. The highest BCUT2D eigenvalue weighted by Gasteiger charge is 2.26. The summed E-state index contributed by atoms with van der Waals surface area (Å²) in [5.74, 6) is 1.61. The monoisotopic (exact) mass is 440 g/mol. The fourth-order valence-corrected chi connectivity index (χ4v) is 4.09. The van der Waals surface area contributed by atoms with Crippen LogP contribution in [0.25, 0.3) is 0 Å². The average molecular weight is 440 g/mol. The van der Waals surface area contributed by atoms with E-state index in [4.69, 9.17) is 18.9 Å². The Bertz CT molecular complexity index is 986. The molecule has 2 aromatic carbocycles. The Kier molecular flexibility index (Phi) is 6.68. The van der Waals surface area contributed by atoms with Crippen LogP contribution in [-0.4, -0.2) is 51.8 Å². The summed E-state index contributed by atoms with van der Waals surface area (Å²) in [5, 5.41) is 3.06. The zero-order chi connectivity index (χ0) is 22.5. The number of carbonyl (C=O) groups excluding carboxylic acids is 2. The van der Waals surface area contributed by atoms with E-state index in [-0.39, 0.29) is 24.4 Å². The van der Waals surface area contributed by atoms with E-state index in [0.717, 1.165) is 25.7 Å². The van der Waals surface area contributed by atoms with Crippen molar-refractivity contribution in [1.29, 1.82) is 0 Å². The number of carbonyl (C=O) groups is 2. The quantitative estimate of drug-likeness (QED) is 0.712. The van der Waals surface area contributed by atoms with Crippen molar-refractivity contribution in [3.63, 3.8) is 0 Å². The van der Waals surface area contributed by atoms with E-state index in [9.17, 15) is 9.59 Å². The Hall–Kier alpha value is -3.42. The molecular formula is C24H28N2O6. The fraction of sp³-hybridized carbons (Fsp3) is 0.417. The lowest BCUT2D eigenvalue weighted by molar-refractivity contribution is -0.120. The molecule has 1 N–H and O–H groups in total. The van der Waals surface area contributed by atoms with Crippen LogP contribution in [0.2, 0.25) is 0 Å². The van der Waals surface area contributed by atoms with Gasteiger partial charge >= 0.3 is 0 Å². The molecule has 0 spiro atoms. The standard InChI is InChI=1S/C24H28N2O6/c1-29-19-9-7-16(13-21(19)30-2)24(28)26(15-23(27)25-17-5-3-4-6-17)18-8-10-20-22(14-18)32-12-11-31-20/h7-10,13-14,17H,3-6,11-12,15H2,1-2H3,(H,25,27). The van der Waals surface area contributed by atoms with Gasteiger partial charge in [0.05, 0.1) is 14.2 Å². The molecule has 32 heavy (non-hydrogen) atoms. The van der Waals surface area contributed by atoms with Crippen LogP contribution in [0.15, 0.2) is 36.4 Å². The van der Waals surface area contributed by atoms with Crippen LogP contribution in [0.3, 0.4) is 0 Å².